The molecule has 3 nitrogen and oxygen atoms in total. The van der Waals surface area contributed by atoms with E-state index < -0.39 is 0 Å². The van der Waals surface area contributed by atoms with E-state index in [1.807, 2.05) is 6.20 Å². The molecule has 0 aromatic carbocycles. The third-order valence-electron chi connectivity index (χ3n) is 3.40. The van der Waals surface area contributed by atoms with E-state index in [2.05, 4.69) is 29.2 Å². The highest BCUT2D eigenvalue weighted by molar-refractivity contribution is 5.92. The number of carbonyl (C=O) groups excluding carboxylic acids is 1. The minimum atomic E-state index is -0.287. The fourth-order valence-corrected chi connectivity index (χ4v) is 2.70. The molecule has 3 rings (SSSR count). The van der Waals surface area contributed by atoms with Crippen molar-refractivity contribution >= 4 is 5.91 Å². The normalized spacial score (nSPS) is 26.6. The molecule has 16 heavy (non-hydrogen) atoms. The maximum atomic E-state index is 11.3. The van der Waals surface area contributed by atoms with Gasteiger partial charge in [-0.2, -0.15) is 0 Å². The summed E-state index contributed by atoms with van der Waals surface area (Å²) >= 11 is 0. The number of hydrogen-bond donors (Lipinski definition) is 1. The Kier molecular flexibility index (Phi) is 1.99. The van der Waals surface area contributed by atoms with Gasteiger partial charge in [-0.15, -0.1) is 0 Å². The van der Waals surface area contributed by atoms with Crippen LogP contribution in [0.1, 0.15) is 12.8 Å². The molecule has 3 aliphatic rings. The van der Waals surface area contributed by atoms with Crippen LogP contribution in [0.3, 0.4) is 0 Å². The second kappa shape index (κ2) is 3.37. The van der Waals surface area contributed by atoms with Gasteiger partial charge in [-0.3, -0.25) is 4.79 Å². The van der Waals surface area contributed by atoms with E-state index in [0.717, 1.165) is 25.0 Å². The Morgan fingerprint density at radius 1 is 1.38 bits per heavy atom. The molecular weight excluding hydrogens is 200 g/mol. The van der Waals surface area contributed by atoms with Gasteiger partial charge >= 0.3 is 0 Å². The van der Waals surface area contributed by atoms with Gasteiger partial charge < -0.3 is 10.6 Å². The molecule has 0 bridgehead atoms. The molecule has 1 unspecified atom stereocenters. The van der Waals surface area contributed by atoms with Crippen LogP contribution >= 0.6 is 0 Å². The molecule has 0 fully saturated rings. The van der Waals surface area contributed by atoms with Crippen molar-refractivity contribution in [3.05, 3.63) is 47.3 Å². The molecule has 2 N–H and O–H groups in total. The summed E-state index contributed by atoms with van der Waals surface area (Å²) in [6.07, 6.45) is 12.3. The fourth-order valence-electron chi connectivity index (χ4n) is 2.70. The first-order valence-corrected chi connectivity index (χ1v) is 5.60. The van der Waals surface area contributed by atoms with Gasteiger partial charge in [0.1, 0.15) is 0 Å². The summed E-state index contributed by atoms with van der Waals surface area (Å²) in [6, 6.07) is 0. The van der Waals surface area contributed by atoms with Crippen LogP contribution < -0.4 is 5.73 Å². The summed E-state index contributed by atoms with van der Waals surface area (Å²) in [4.78, 5) is 13.4. The lowest BCUT2D eigenvalue weighted by Gasteiger charge is -2.38. The molecular formula is C13H14N2O. The van der Waals surface area contributed by atoms with Crippen LogP contribution in [-0.4, -0.2) is 17.4 Å². The van der Waals surface area contributed by atoms with Gasteiger partial charge in [0.25, 0.3) is 0 Å². The second-order valence-corrected chi connectivity index (χ2v) is 4.45. The summed E-state index contributed by atoms with van der Waals surface area (Å²) < 4.78 is 0. The first-order chi connectivity index (χ1) is 7.75. The lowest BCUT2D eigenvalue weighted by atomic mass is 9.82. The van der Waals surface area contributed by atoms with Crippen LogP contribution in [0.4, 0.5) is 0 Å². The molecule has 0 aromatic heterocycles. The summed E-state index contributed by atoms with van der Waals surface area (Å²) in [5.41, 5.74) is 8.76. The fraction of sp³-hybridized carbons (Fsp3) is 0.308. The van der Waals surface area contributed by atoms with Gasteiger partial charge in [-0.25, -0.2) is 0 Å². The highest BCUT2D eigenvalue weighted by Gasteiger charge is 2.30. The Morgan fingerprint density at radius 3 is 3.00 bits per heavy atom. The quantitative estimate of drug-likeness (QED) is 0.718. The van der Waals surface area contributed by atoms with E-state index >= 15 is 0 Å². The zero-order valence-electron chi connectivity index (χ0n) is 9.02. The number of nitrogens with zero attached hydrogens (tertiary/aromatic N) is 1. The SMILES string of the molecule is NC(=O)C1=CN2CC=CC3=C2C(CC=C3)C1. The number of amides is 1. The minimum absolute atomic E-state index is 0.287. The van der Waals surface area contributed by atoms with Gasteiger partial charge in [0.05, 0.1) is 0 Å². The molecule has 3 heteroatoms. The van der Waals surface area contributed by atoms with Crippen molar-refractivity contribution < 1.29 is 4.79 Å². The third-order valence-corrected chi connectivity index (χ3v) is 3.40. The average Bonchev–Trinajstić information content (AvgIpc) is 2.29. The first kappa shape index (κ1) is 9.46. The molecule has 82 valence electrons. The van der Waals surface area contributed by atoms with Gasteiger partial charge in [-0.05, 0) is 18.4 Å². The summed E-state index contributed by atoms with van der Waals surface area (Å²) in [5, 5.41) is 0. The smallest absolute Gasteiger partial charge is 0.246 e. The zero-order chi connectivity index (χ0) is 11.1. The van der Waals surface area contributed by atoms with Crippen LogP contribution in [0.5, 0.6) is 0 Å². The van der Waals surface area contributed by atoms with E-state index in [-0.39, 0.29) is 5.91 Å². The van der Waals surface area contributed by atoms with E-state index in [0.29, 0.717) is 5.92 Å². The summed E-state index contributed by atoms with van der Waals surface area (Å²) in [6.45, 7) is 0.847. The average molecular weight is 214 g/mol. The molecule has 0 radical (unpaired) electrons. The highest BCUT2D eigenvalue weighted by atomic mass is 16.1. The second-order valence-electron chi connectivity index (χ2n) is 4.45. The van der Waals surface area contributed by atoms with E-state index in [4.69, 9.17) is 5.73 Å². The number of allylic oxidation sites excluding steroid dienone is 5. The van der Waals surface area contributed by atoms with Crippen molar-refractivity contribution in [2.24, 2.45) is 11.7 Å². The van der Waals surface area contributed by atoms with Crippen molar-refractivity contribution in [2.75, 3.05) is 6.54 Å². The Bertz CT molecular complexity index is 464. The predicted molar refractivity (Wildman–Crippen MR) is 62.0 cm³/mol. The molecule has 1 atom stereocenters. The van der Waals surface area contributed by atoms with Gasteiger partial charge in [-0.1, -0.05) is 24.3 Å². The molecule has 0 saturated heterocycles. The largest absolute Gasteiger partial charge is 0.366 e. The van der Waals surface area contributed by atoms with Crippen LogP contribution in [0, 0.1) is 5.92 Å². The first-order valence-electron chi connectivity index (χ1n) is 5.60. The Labute approximate surface area is 94.6 Å². The molecule has 1 aliphatic carbocycles. The minimum Gasteiger partial charge on any atom is -0.366 e. The Morgan fingerprint density at radius 2 is 2.19 bits per heavy atom. The van der Waals surface area contributed by atoms with Crippen molar-refractivity contribution in [1.82, 2.24) is 4.90 Å². The lowest BCUT2D eigenvalue weighted by Crippen LogP contribution is -2.34. The monoisotopic (exact) mass is 214 g/mol. The summed E-state index contributed by atoms with van der Waals surface area (Å²) in [5.74, 6) is 0.141. The van der Waals surface area contributed by atoms with Crippen molar-refractivity contribution in [2.45, 2.75) is 12.8 Å². The van der Waals surface area contributed by atoms with E-state index in [9.17, 15) is 4.79 Å². The predicted octanol–water partition coefficient (Wildman–Crippen LogP) is 1.46. The maximum Gasteiger partial charge on any atom is 0.246 e. The number of rotatable bonds is 1. The third kappa shape index (κ3) is 1.32. The summed E-state index contributed by atoms with van der Waals surface area (Å²) in [7, 11) is 0. The Hall–Kier alpha value is -1.77. The maximum absolute atomic E-state index is 11.3. The molecule has 2 aliphatic heterocycles. The lowest BCUT2D eigenvalue weighted by molar-refractivity contribution is -0.114. The highest BCUT2D eigenvalue weighted by Crippen LogP contribution is 2.38. The van der Waals surface area contributed by atoms with Crippen LogP contribution in [-0.2, 0) is 4.79 Å². The topological polar surface area (TPSA) is 46.3 Å². The van der Waals surface area contributed by atoms with Gasteiger partial charge in [0, 0.05) is 29.9 Å². The number of nitrogens with two attached hydrogens (primary N) is 1. The van der Waals surface area contributed by atoms with E-state index in [1.54, 1.807) is 0 Å². The standard InChI is InChI=1S/C13H14N2O/c14-13(16)11-7-10-4-1-3-9-5-2-6-15(8-11)12(9)10/h1-3,5,8,10H,4,6-7H2,(H2,14,16). The van der Waals surface area contributed by atoms with Crippen molar-refractivity contribution in [3.8, 4) is 0 Å². The van der Waals surface area contributed by atoms with Crippen LogP contribution in [0.2, 0.25) is 0 Å². The van der Waals surface area contributed by atoms with Gasteiger partial charge in [0.2, 0.25) is 5.91 Å². The molecule has 0 spiro atoms. The van der Waals surface area contributed by atoms with Crippen molar-refractivity contribution in [1.29, 1.82) is 0 Å². The zero-order valence-corrected chi connectivity index (χ0v) is 9.02. The molecule has 0 aromatic rings. The molecule has 2 heterocycles. The molecule has 0 saturated carbocycles. The van der Waals surface area contributed by atoms with Crippen LogP contribution in [0.15, 0.2) is 47.3 Å². The number of primary amides is 1. The number of carbonyl (C=O) groups is 1. The van der Waals surface area contributed by atoms with Gasteiger partial charge in [0.15, 0.2) is 0 Å². The number of hydrogen-bond acceptors (Lipinski definition) is 2. The van der Waals surface area contributed by atoms with E-state index in [1.165, 1.54) is 11.3 Å². The Balaban J connectivity index is 2.06. The van der Waals surface area contributed by atoms with Crippen LogP contribution in [0.25, 0.3) is 0 Å². The van der Waals surface area contributed by atoms with Crippen molar-refractivity contribution in [3.63, 3.8) is 0 Å². The molecule has 1 amide bonds.